The molecule has 0 aliphatic carbocycles. The normalized spacial score (nSPS) is 17.3. The van der Waals surface area contributed by atoms with Crippen LogP contribution in [0.15, 0.2) is 0 Å². The third-order valence-corrected chi connectivity index (χ3v) is 485. The summed E-state index contributed by atoms with van der Waals surface area (Å²) in [5.74, 6) is 0. The smallest absolute Gasteiger partial charge is 0.121 e. The molecular weight excluding hydrogens is 2140 g/mol. The van der Waals surface area contributed by atoms with E-state index in [0.717, 1.165) is 0 Å². The van der Waals surface area contributed by atoms with Crippen LogP contribution in [-0.4, -0.2) is 45.4 Å². The fraction of sp³-hybridized carbons (Fsp3) is 0. The van der Waals surface area contributed by atoms with Gasteiger partial charge < -0.3 is 0 Å². The summed E-state index contributed by atoms with van der Waals surface area (Å²) in [5, 5.41) is 0. The quantitative estimate of drug-likeness (QED) is 0.0438. The molecule has 0 saturated carbocycles. The molecule has 0 rings (SSSR count). The second kappa shape index (κ2) is 55.6. The standard InChI is InChI=1S/B6H63P67/c1-38-57(39(2)3)66(56(36)37)71(67(58(40(4)5)41(6)7)59(42(8)9)43(10)11)73(70(64(52(28)29)53(30)31)65(54(32)33)55(34)35)72(68(60(44(12)13)45(14)15)61(46(16)17)47(18)19)69(62(48(20)21)49(22)23)63(50(24)25)51(26)27/h38H,7-37H2. The Balaban J connectivity index is 12.0. The van der Waals surface area contributed by atoms with Crippen LogP contribution in [0.2, 0.25) is 0 Å². The summed E-state index contributed by atoms with van der Waals surface area (Å²) >= 11 is 0. The van der Waals surface area contributed by atoms with Gasteiger partial charge >= 0.3 is 0 Å². The van der Waals surface area contributed by atoms with Crippen molar-refractivity contribution >= 4 is 576 Å². The lowest BCUT2D eigenvalue weighted by Gasteiger charge is -2.62. The van der Waals surface area contributed by atoms with E-state index in [4.69, 9.17) is 45.4 Å². The molecule has 0 aromatic heterocycles. The summed E-state index contributed by atoms with van der Waals surface area (Å²) in [5.41, 5.74) is 0. The fourth-order valence-electron chi connectivity index (χ4n) is 4.41. The predicted octanol–water partition coefficient (Wildman–Crippen LogP) is 38.6. The summed E-state index contributed by atoms with van der Waals surface area (Å²) in [6.07, 6.45) is 0. The van der Waals surface area contributed by atoms with Crippen LogP contribution in [-0.2, 0) is 0 Å². The molecule has 0 aromatic carbocycles. The van der Waals surface area contributed by atoms with Gasteiger partial charge in [-0.15, -0.1) is 292 Å². The van der Waals surface area contributed by atoms with Crippen molar-refractivity contribution in [1.29, 1.82) is 0 Å². The molecule has 0 bridgehead atoms. The van der Waals surface area contributed by atoms with Gasteiger partial charge in [-0.3, -0.25) is 0 Å². The Morgan fingerprint density at radius 3 is 0.425 bits per heavy atom. The van der Waals surface area contributed by atoms with Gasteiger partial charge in [0.25, 0.3) is 0 Å². The largest absolute Gasteiger partial charge is 0.170 e. The van der Waals surface area contributed by atoms with Gasteiger partial charge in [-0.1, -0.05) is 6.99 Å². The predicted molar refractivity (Wildman–Crippen MR) is 586 cm³/mol. The Hall–Kier alpha value is 29.2. The van der Waals surface area contributed by atoms with E-state index in [-0.39, 0.29) is 36.1 Å². The van der Waals surface area contributed by atoms with Crippen LogP contribution < -0.4 is 0 Å². The van der Waals surface area contributed by atoms with Gasteiger partial charge in [0, 0.05) is 0 Å². The summed E-state index contributed by atoms with van der Waals surface area (Å²) in [7, 11) is 152. The second-order valence-corrected chi connectivity index (χ2v) is 289. The van der Waals surface area contributed by atoms with E-state index in [9.17, 15) is 0 Å². The molecule has 0 fully saturated rings. The molecule has 0 saturated heterocycles. The first-order valence-electron chi connectivity index (χ1n) is 16.6. The van der Waals surface area contributed by atoms with Crippen LogP contribution in [0, 0.1) is 0 Å². The molecule has 0 heterocycles. The summed E-state index contributed by atoms with van der Waals surface area (Å²) in [6.45, 7) is -16.4. The van der Waals surface area contributed by atoms with Crippen molar-refractivity contribution in [2.45, 2.75) is 0 Å². The fourth-order valence-corrected chi connectivity index (χ4v) is 989. The van der Waals surface area contributed by atoms with E-state index in [1.54, 1.807) is 0 Å². The summed E-state index contributed by atoms with van der Waals surface area (Å²) in [6, 6.07) is 0. The highest BCUT2D eigenvalue weighted by Crippen LogP contribution is 3.50. The lowest BCUT2D eigenvalue weighted by Crippen LogP contribution is -1.77. The third kappa shape index (κ3) is 35.6. The molecule has 0 spiro atoms. The molecule has 0 nitrogen and oxygen atoms in total. The van der Waals surface area contributed by atoms with Crippen molar-refractivity contribution < 1.29 is 0 Å². The molecule has 416 valence electrons. The third-order valence-electron chi connectivity index (χ3n) is 6.42. The van der Waals surface area contributed by atoms with Gasteiger partial charge in [0.15, 0.2) is 0 Å². The Bertz CT molecular complexity index is 1230. The van der Waals surface area contributed by atoms with Gasteiger partial charge in [0.05, 0.1) is 0 Å². The van der Waals surface area contributed by atoms with E-state index >= 15 is 0 Å². The lowest BCUT2D eigenvalue weighted by atomic mass is 10.7. The molecule has 0 aromatic rings. The zero-order chi connectivity index (χ0) is 57.9. The lowest BCUT2D eigenvalue weighted by molar-refractivity contribution is 4.30. The highest BCUT2D eigenvalue weighted by Gasteiger charge is 2.63. The molecule has 73 heteroatoms. The van der Waals surface area contributed by atoms with Crippen molar-refractivity contribution in [3.05, 3.63) is 0 Å². The van der Waals surface area contributed by atoms with Crippen molar-refractivity contribution in [3.8, 4) is 0 Å². The topological polar surface area (TPSA) is 0 Å². The Labute approximate surface area is 567 Å². The number of hydrogen-bond donors (Lipinski definition) is 0. The van der Waals surface area contributed by atoms with Crippen molar-refractivity contribution in [3.63, 3.8) is 0 Å². The Morgan fingerprint density at radius 2 is 0.315 bits per heavy atom. The zero-order valence-electron chi connectivity index (χ0n) is 37.5. The first kappa shape index (κ1) is 102. The van der Waals surface area contributed by atoms with E-state index in [2.05, 4.69) is 277 Å². The maximum absolute atomic E-state index is 7.74. The second-order valence-electron chi connectivity index (χ2n) is 11.6. The van der Waals surface area contributed by atoms with Crippen LogP contribution in [0.3, 0.4) is 0 Å². The summed E-state index contributed by atoms with van der Waals surface area (Å²) in [4.78, 5) is 0. The minimum Gasteiger partial charge on any atom is -0.170 e. The first-order chi connectivity index (χ1) is 33.2. The highest BCUT2D eigenvalue weighted by atomic mass is 33.6. The molecule has 0 aliphatic rings. The van der Waals surface area contributed by atoms with Crippen LogP contribution in [0.5, 0.6) is 0 Å². The van der Waals surface area contributed by atoms with Gasteiger partial charge in [0.1, 0.15) is 45.4 Å². The van der Waals surface area contributed by atoms with Crippen molar-refractivity contribution in [2.24, 2.45) is 0 Å². The Morgan fingerprint density at radius 1 is 0.178 bits per heavy atom. The SMILES string of the molecule is [B]PP(P([B])[B])P(P(P)P)P(P(P(P([B])[B])P([B])P)P(P(P)P)P(P)P)P(P(P(P(P)P)P(P)P)P(P(P)P)P(P)P)P(P(P(P(P)P)P(P)P)P(P(P)P)P(P)P)P(P(P(P)P)P(P)P)P(P(P)P)P(P)P. The minimum absolute atomic E-state index is 0.264. The maximum Gasteiger partial charge on any atom is 0.121 e. The van der Waals surface area contributed by atoms with Gasteiger partial charge in [-0.2, -0.15) is 14.7 Å². The van der Waals surface area contributed by atoms with Gasteiger partial charge in [-0.25, -0.2) is 0 Å². The first-order valence-corrected chi connectivity index (χ1v) is 140. The van der Waals surface area contributed by atoms with E-state index < -0.39 is 218 Å². The van der Waals surface area contributed by atoms with Crippen LogP contribution in [0.4, 0.5) is 0 Å². The molecule has 73 heavy (non-hydrogen) atoms. The summed E-state index contributed by atoms with van der Waals surface area (Å²) < 4.78 is 0. The van der Waals surface area contributed by atoms with E-state index in [1.165, 1.54) is 0 Å². The van der Waals surface area contributed by atoms with E-state index in [0.29, 0.717) is 0 Å². The molecule has 39 atom stereocenters. The molecule has 39 unspecified atom stereocenters. The van der Waals surface area contributed by atoms with Crippen LogP contribution in [0.1, 0.15) is 0 Å². The van der Waals surface area contributed by atoms with Crippen molar-refractivity contribution in [1.82, 2.24) is 0 Å². The molecule has 0 N–H and O–H groups in total. The van der Waals surface area contributed by atoms with E-state index in [1.807, 2.05) is 0 Å². The Kier molecular flexibility index (Phi) is 77.8. The average molecular weight is 2200 g/mol. The molecule has 0 amide bonds. The van der Waals surface area contributed by atoms with Crippen LogP contribution in [0.25, 0.3) is 0 Å². The van der Waals surface area contributed by atoms with Crippen molar-refractivity contribution in [2.75, 3.05) is 0 Å². The minimum atomic E-state index is -1.31. The number of rotatable bonds is 35. The van der Waals surface area contributed by atoms with Crippen LogP contribution >= 0.6 is 530 Å². The zero-order valence-corrected chi connectivity index (χ0v) is 106. The molecular formula is H63B6P67. The average Bonchev–Trinajstić information content (AvgIpc) is 3.17. The maximum atomic E-state index is 7.74. The molecule has 12 radical (unpaired) electrons. The number of hydrogen-bond acceptors (Lipinski definition) is 0. The molecule has 0 aliphatic heterocycles. The highest BCUT2D eigenvalue weighted by molar-refractivity contribution is 9.56. The van der Waals surface area contributed by atoms with Gasteiger partial charge in [-0.05, 0) is 217 Å². The monoisotopic (exact) mass is 2200 g/mol. The van der Waals surface area contributed by atoms with Gasteiger partial charge in [0.2, 0.25) is 0 Å².